The molecule has 0 saturated carbocycles. The van der Waals surface area contributed by atoms with E-state index in [2.05, 4.69) is 5.32 Å². The van der Waals surface area contributed by atoms with Crippen LogP contribution in [0.2, 0.25) is 0 Å². The number of nitrogens with zero attached hydrogens (tertiary/aromatic N) is 2. The Kier molecular flexibility index (Phi) is 14.4. The number of allylic oxidation sites excluding steroid dienone is 3. The number of carbonyl (C=O) groups excluding carboxylic acids is 3. The van der Waals surface area contributed by atoms with E-state index < -0.39 is 101 Å². The first-order valence-corrected chi connectivity index (χ1v) is 26.1. The SMILES string of the molecule is COCCN1/C(=C/C=C/C2(C(C)(C)CCC(=O)ON3C(=O)CCC3=O)Nc3ccc(S(=O)(=O)O)cc3C2(C)CCCS(=O)(=O)O)C(C)(CCCS(=O)(=O)O)c2cc(S(=O)(=O)O)ccc21. The molecule has 3 heterocycles. The molecule has 1 saturated heterocycles. The minimum atomic E-state index is -4.78. The monoisotopic (exact) mass is 975 g/mol. The largest absolute Gasteiger partial charge is 0.383 e. The van der Waals surface area contributed by atoms with Crippen LogP contribution < -0.4 is 10.2 Å². The second kappa shape index (κ2) is 18.2. The predicted octanol–water partition coefficient (Wildman–Crippen LogP) is 4.22. The van der Waals surface area contributed by atoms with Crippen LogP contribution in [-0.4, -0.2) is 112 Å². The van der Waals surface area contributed by atoms with Crippen molar-refractivity contribution in [1.29, 1.82) is 0 Å². The summed E-state index contributed by atoms with van der Waals surface area (Å²) in [6.07, 6.45) is 4.09. The number of imide groups is 1. The zero-order valence-electron chi connectivity index (χ0n) is 35.8. The Labute approximate surface area is 373 Å². The third-order valence-corrected chi connectivity index (χ3v) is 15.9. The van der Waals surface area contributed by atoms with Crippen molar-refractivity contribution in [1.82, 2.24) is 5.06 Å². The van der Waals surface area contributed by atoms with E-state index in [9.17, 15) is 66.3 Å². The van der Waals surface area contributed by atoms with Gasteiger partial charge < -0.3 is 19.8 Å². The molecule has 0 radical (unpaired) electrons. The lowest BCUT2D eigenvalue weighted by molar-refractivity contribution is -0.197. The van der Waals surface area contributed by atoms with Crippen molar-refractivity contribution in [2.45, 2.75) is 105 Å². The molecule has 24 heteroatoms. The molecule has 354 valence electrons. The number of anilines is 2. The van der Waals surface area contributed by atoms with E-state index in [1.165, 1.54) is 37.4 Å². The Hall–Kier alpha value is -4.27. The molecule has 3 atom stereocenters. The van der Waals surface area contributed by atoms with Crippen molar-refractivity contribution in [3.63, 3.8) is 0 Å². The molecular formula is C40H53N3O17S4. The molecule has 5 rings (SSSR count). The molecule has 64 heavy (non-hydrogen) atoms. The van der Waals surface area contributed by atoms with Crippen LogP contribution in [0.25, 0.3) is 0 Å². The normalized spacial score (nSPS) is 23.5. The average Bonchev–Trinajstić information content (AvgIpc) is 3.71. The number of amides is 2. The molecule has 2 aromatic carbocycles. The highest BCUT2D eigenvalue weighted by Gasteiger charge is 2.60. The number of fused-ring (bicyclic) bond motifs is 2. The second-order valence-corrected chi connectivity index (χ2v) is 23.2. The molecular weight excluding hydrogens is 923 g/mol. The third-order valence-electron chi connectivity index (χ3n) is 12.6. The first kappa shape index (κ1) is 50.7. The summed E-state index contributed by atoms with van der Waals surface area (Å²) in [5.74, 6) is -3.62. The van der Waals surface area contributed by atoms with Gasteiger partial charge in [-0.25, -0.2) is 4.79 Å². The van der Waals surface area contributed by atoms with Gasteiger partial charge in [0.2, 0.25) is 0 Å². The van der Waals surface area contributed by atoms with E-state index in [0.29, 0.717) is 33.3 Å². The Morgan fingerprint density at radius 1 is 0.828 bits per heavy atom. The number of carbonyl (C=O) groups is 3. The number of methoxy groups -OCH3 is 1. The van der Waals surface area contributed by atoms with E-state index in [0.717, 1.165) is 6.07 Å². The lowest BCUT2D eigenvalue weighted by Crippen LogP contribution is -2.59. The molecule has 0 spiro atoms. The average molecular weight is 976 g/mol. The van der Waals surface area contributed by atoms with Crippen molar-refractivity contribution in [2.75, 3.05) is 42.0 Å². The lowest BCUT2D eigenvalue weighted by Gasteiger charge is -2.53. The maximum Gasteiger partial charge on any atom is 0.333 e. The summed E-state index contributed by atoms with van der Waals surface area (Å²) in [5.41, 5.74) is -3.04. The molecule has 5 N–H and O–H groups in total. The minimum Gasteiger partial charge on any atom is -0.383 e. The molecule has 2 aromatic rings. The molecule has 3 aliphatic heterocycles. The molecule has 20 nitrogen and oxygen atoms in total. The van der Waals surface area contributed by atoms with Crippen LogP contribution in [0.4, 0.5) is 11.4 Å². The van der Waals surface area contributed by atoms with Crippen LogP contribution in [0.15, 0.2) is 70.1 Å². The van der Waals surface area contributed by atoms with E-state index in [1.807, 2.05) is 4.90 Å². The Bertz CT molecular complexity index is 2700. The number of nitrogens with one attached hydrogen (secondary N) is 1. The van der Waals surface area contributed by atoms with Gasteiger partial charge >= 0.3 is 5.97 Å². The number of rotatable bonds is 20. The maximum atomic E-state index is 13.3. The molecule has 3 unspecified atom stereocenters. The highest BCUT2D eigenvalue weighted by molar-refractivity contribution is 7.86. The highest BCUT2D eigenvalue weighted by atomic mass is 32.2. The van der Waals surface area contributed by atoms with Gasteiger partial charge in [-0.3, -0.25) is 27.8 Å². The van der Waals surface area contributed by atoms with Gasteiger partial charge in [-0.05, 0) is 98.0 Å². The summed E-state index contributed by atoms with van der Waals surface area (Å²) >= 11 is 0. The third kappa shape index (κ3) is 10.5. The fourth-order valence-corrected chi connectivity index (χ4v) is 11.3. The Morgan fingerprint density at radius 2 is 1.38 bits per heavy atom. The summed E-state index contributed by atoms with van der Waals surface area (Å²) in [7, 11) is -17.0. The first-order chi connectivity index (χ1) is 29.4. The zero-order chi connectivity index (χ0) is 47.9. The van der Waals surface area contributed by atoms with Crippen molar-refractivity contribution >= 4 is 69.6 Å². The van der Waals surface area contributed by atoms with Gasteiger partial charge in [0.1, 0.15) is 0 Å². The molecule has 0 aromatic heterocycles. The Morgan fingerprint density at radius 3 is 1.92 bits per heavy atom. The minimum absolute atomic E-state index is 0.0358. The van der Waals surface area contributed by atoms with E-state index in [-0.39, 0.29) is 64.5 Å². The van der Waals surface area contributed by atoms with Crippen LogP contribution in [0, 0.1) is 5.41 Å². The zero-order valence-corrected chi connectivity index (χ0v) is 39.1. The van der Waals surface area contributed by atoms with Crippen molar-refractivity contribution in [3.05, 3.63) is 71.5 Å². The summed E-state index contributed by atoms with van der Waals surface area (Å²) < 4.78 is 142. The predicted molar refractivity (Wildman–Crippen MR) is 232 cm³/mol. The first-order valence-electron chi connectivity index (χ1n) is 20.0. The van der Waals surface area contributed by atoms with E-state index >= 15 is 0 Å². The maximum absolute atomic E-state index is 13.3. The second-order valence-electron chi connectivity index (χ2n) is 17.2. The van der Waals surface area contributed by atoms with Gasteiger partial charge in [-0.15, -0.1) is 5.06 Å². The summed E-state index contributed by atoms with van der Waals surface area (Å²) in [5, 5.41) is 3.92. The van der Waals surface area contributed by atoms with Crippen molar-refractivity contribution < 1.29 is 75.8 Å². The van der Waals surface area contributed by atoms with Crippen LogP contribution in [0.5, 0.6) is 0 Å². The fraction of sp³-hybridized carbons (Fsp3) is 0.525. The smallest absolute Gasteiger partial charge is 0.333 e. The summed E-state index contributed by atoms with van der Waals surface area (Å²) in [6, 6.07) is 7.81. The number of hydroxylamine groups is 2. The van der Waals surface area contributed by atoms with Crippen LogP contribution in [0.3, 0.4) is 0 Å². The quantitative estimate of drug-likeness (QED) is 0.0916. The van der Waals surface area contributed by atoms with E-state index in [4.69, 9.17) is 9.57 Å². The number of benzene rings is 2. The Balaban J connectivity index is 1.73. The van der Waals surface area contributed by atoms with Crippen LogP contribution in [-0.2, 0) is 75.3 Å². The summed E-state index contributed by atoms with van der Waals surface area (Å²) in [4.78, 5) is 43.8. The van der Waals surface area contributed by atoms with Gasteiger partial charge in [-0.2, -0.15) is 33.7 Å². The van der Waals surface area contributed by atoms with Crippen molar-refractivity contribution in [3.8, 4) is 0 Å². The number of hydrogen-bond acceptors (Lipinski definition) is 15. The number of ether oxygens (including phenoxy) is 1. The number of hydrogen-bond donors (Lipinski definition) is 5. The highest BCUT2D eigenvalue weighted by Crippen LogP contribution is 2.60. The fourth-order valence-electron chi connectivity index (χ4n) is 9.31. The lowest BCUT2D eigenvalue weighted by atomic mass is 9.54. The molecule has 2 amide bonds. The summed E-state index contributed by atoms with van der Waals surface area (Å²) in [6.45, 7) is 7.33. The van der Waals surface area contributed by atoms with Crippen molar-refractivity contribution in [2.24, 2.45) is 5.41 Å². The molecule has 0 aliphatic carbocycles. The standard InChI is InChI=1S/C40H53N3O17S4/c1-37(2,20-16-36(46)60-43-34(44)14-15-35(43)45)40(39(4,18-8-24-62(50,51)52)29-25-27(63(53,54)55)10-12-31(29)41-40)19-6-9-33-38(3,17-7-23-61(47,48)49)30-26-28(64(56,57)58)11-13-32(30)42(33)21-22-59-5/h6,9-13,19,25-26,41H,7-8,14-18,20-24H2,1-5H3,(H,47,48,49)(H,50,51,52)(H,53,54,55)(H,56,57,58)/b19-6+,33-9+. The van der Waals surface area contributed by atoms with Gasteiger partial charge in [0, 0.05) is 60.8 Å². The van der Waals surface area contributed by atoms with Gasteiger partial charge in [0.25, 0.3) is 52.3 Å². The van der Waals surface area contributed by atoms with Gasteiger partial charge in [-0.1, -0.05) is 32.9 Å². The topological polar surface area (TPSA) is 306 Å². The van der Waals surface area contributed by atoms with Crippen LogP contribution in [0.1, 0.15) is 90.2 Å². The van der Waals surface area contributed by atoms with Gasteiger partial charge in [0.05, 0.1) is 33.4 Å². The molecule has 3 aliphatic rings. The molecule has 0 bridgehead atoms. The van der Waals surface area contributed by atoms with Crippen LogP contribution >= 0.6 is 0 Å². The molecule has 1 fully saturated rings. The van der Waals surface area contributed by atoms with E-state index in [1.54, 1.807) is 45.9 Å². The van der Waals surface area contributed by atoms with Gasteiger partial charge in [0.15, 0.2) is 0 Å².